The monoisotopic (exact) mass is 315 g/mol. The Morgan fingerprint density at radius 2 is 1.91 bits per heavy atom. The highest BCUT2D eigenvalue weighted by atomic mass is 16.6. The highest BCUT2D eigenvalue weighted by Crippen LogP contribution is 2.13. The third-order valence-corrected chi connectivity index (χ3v) is 2.97. The van der Waals surface area contributed by atoms with E-state index in [4.69, 9.17) is 4.74 Å². The molecule has 2 rings (SSSR count). The molecule has 1 aromatic carbocycles. The maximum atomic E-state index is 12.3. The van der Waals surface area contributed by atoms with Crippen molar-refractivity contribution in [3.63, 3.8) is 0 Å². The zero-order valence-electron chi connectivity index (χ0n) is 12.9. The largest absolute Gasteiger partial charge is 0.448 e. The Bertz CT molecular complexity index is 802. The number of hydrogen-bond donors (Lipinski definition) is 1. The number of nitrogens with one attached hydrogen (secondary N) is 1. The Hall–Kier alpha value is -3.09. The molecule has 0 unspecified atom stereocenters. The van der Waals surface area contributed by atoms with Crippen molar-refractivity contribution < 1.29 is 14.3 Å². The molecule has 0 saturated heterocycles. The maximum absolute atomic E-state index is 12.3. The van der Waals surface area contributed by atoms with E-state index in [0.717, 1.165) is 15.4 Å². The zero-order valence-corrected chi connectivity index (χ0v) is 12.9. The number of hydrogen-bond acceptors (Lipinski definition) is 4. The Kier molecular flexibility index (Phi) is 4.80. The van der Waals surface area contributed by atoms with E-state index in [1.807, 2.05) is 0 Å². The molecule has 0 atom stereocenters. The van der Waals surface area contributed by atoms with Gasteiger partial charge < -0.3 is 10.1 Å². The molecule has 120 valence electrons. The minimum atomic E-state index is -0.768. The number of carbonyl (C=O) groups is 2. The number of ether oxygens (including phenoxy) is 1. The van der Waals surface area contributed by atoms with Crippen molar-refractivity contribution in [1.82, 2.24) is 9.36 Å². The molecule has 7 heteroatoms. The van der Waals surface area contributed by atoms with Crippen molar-refractivity contribution in [3.05, 3.63) is 58.9 Å². The minimum absolute atomic E-state index is 0.0188. The van der Waals surface area contributed by atoms with Gasteiger partial charge in [0.05, 0.1) is 12.3 Å². The summed E-state index contributed by atoms with van der Waals surface area (Å²) in [6.07, 6.45) is -0.768. The predicted octanol–water partition coefficient (Wildman–Crippen LogP) is 2.16. The van der Waals surface area contributed by atoms with Gasteiger partial charge in [0.1, 0.15) is 5.82 Å². The first-order chi connectivity index (χ1) is 11.0. The lowest BCUT2D eigenvalue weighted by molar-refractivity contribution is -0.112. The van der Waals surface area contributed by atoms with Crippen LogP contribution in [0.25, 0.3) is 5.69 Å². The van der Waals surface area contributed by atoms with Crippen molar-refractivity contribution >= 4 is 17.8 Å². The first-order valence-corrected chi connectivity index (χ1v) is 7.00. The van der Waals surface area contributed by atoms with Crippen LogP contribution in [0.5, 0.6) is 0 Å². The fourth-order valence-corrected chi connectivity index (χ4v) is 1.93. The molecule has 23 heavy (non-hydrogen) atoms. The van der Waals surface area contributed by atoms with Gasteiger partial charge >= 0.3 is 6.09 Å². The number of aromatic nitrogens is 2. The highest BCUT2D eigenvalue weighted by Gasteiger charge is 2.21. The second-order valence-corrected chi connectivity index (χ2v) is 4.76. The summed E-state index contributed by atoms with van der Waals surface area (Å²) in [5.41, 5.74) is 0.253. The number of nitrogens with zero attached hydrogens (tertiary/aromatic N) is 2. The zero-order chi connectivity index (χ0) is 17.0. The molecule has 2 aromatic rings. The fourth-order valence-electron chi connectivity index (χ4n) is 1.93. The Balaban J connectivity index is 2.60. The number of amides is 1. The van der Waals surface area contributed by atoms with Crippen molar-refractivity contribution in [3.8, 4) is 5.69 Å². The van der Waals surface area contributed by atoms with Gasteiger partial charge in [-0.2, -0.15) is 4.68 Å². The summed E-state index contributed by atoms with van der Waals surface area (Å²) in [5.74, 6) is -0.474. The second-order valence-electron chi connectivity index (χ2n) is 4.76. The average Bonchev–Trinajstić information content (AvgIpc) is 2.84. The predicted molar refractivity (Wildman–Crippen MR) is 85.9 cm³/mol. The smallest absolute Gasteiger partial charge is 0.435 e. The van der Waals surface area contributed by atoms with Crippen LogP contribution >= 0.6 is 0 Å². The first kappa shape index (κ1) is 16.3. The van der Waals surface area contributed by atoms with Crippen LogP contribution in [0, 0.1) is 0 Å². The molecule has 1 heterocycles. The Morgan fingerprint density at radius 3 is 2.48 bits per heavy atom. The van der Waals surface area contributed by atoms with Crippen LogP contribution in [0.2, 0.25) is 0 Å². The highest BCUT2D eigenvalue weighted by molar-refractivity contribution is 6.03. The van der Waals surface area contributed by atoms with E-state index >= 15 is 0 Å². The van der Waals surface area contributed by atoms with E-state index < -0.39 is 17.6 Å². The van der Waals surface area contributed by atoms with Gasteiger partial charge in [-0.05, 0) is 26.0 Å². The van der Waals surface area contributed by atoms with Crippen LogP contribution in [0.1, 0.15) is 13.8 Å². The maximum Gasteiger partial charge on any atom is 0.435 e. The van der Waals surface area contributed by atoms with Crippen molar-refractivity contribution in [2.75, 3.05) is 11.9 Å². The summed E-state index contributed by atoms with van der Waals surface area (Å²) >= 11 is 0. The quantitative estimate of drug-likeness (QED) is 0.877. The van der Waals surface area contributed by atoms with Crippen LogP contribution in [0.4, 0.5) is 10.6 Å². The number of anilines is 1. The standard InChI is InChI=1S/C16H17N3O4/c1-4-23-16(22)19-13(17-15(21)11(2)3)10-14(20)18(19)12-8-6-5-7-9-12/h5-10H,2,4H2,1,3H3,(H,17,21). The van der Waals surface area contributed by atoms with Gasteiger partial charge in [-0.25, -0.2) is 9.48 Å². The van der Waals surface area contributed by atoms with Crippen LogP contribution in [-0.2, 0) is 9.53 Å². The number of benzene rings is 1. The lowest BCUT2D eigenvalue weighted by Crippen LogP contribution is -2.28. The van der Waals surface area contributed by atoms with Gasteiger partial charge in [0.2, 0.25) is 0 Å². The normalized spacial score (nSPS) is 10.2. The topological polar surface area (TPSA) is 82.3 Å². The van der Waals surface area contributed by atoms with E-state index in [9.17, 15) is 14.4 Å². The minimum Gasteiger partial charge on any atom is -0.448 e. The molecule has 0 aliphatic heterocycles. The van der Waals surface area contributed by atoms with Gasteiger partial charge in [0.15, 0.2) is 0 Å². The van der Waals surface area contributed by atoms with Gasteiger partial charge in [-0.1, -0.05) is 24.8 Å². The van der Waals surface area contributed by atoms with Crippen molar-refractivity contribution in [1.29, 1.82) is 0 Å². The molecular formula is C16H17N3O4. The van der Waals surface area contributed by atoms with Gasteiger partial charge in [0, 0.05) is 11.6 Å². The van der Waals surface area contributed by atoms with Crippen LogP contribution in [0.3, 0.4) is 0 Å². The summed E-state index contributed by atoms with van der Waals surface area (Å²) in [5, 5.41) is 2.48. The average molecular weight is 315 g/mol. The number of rotatable bonds is 4. The summed E-state index contributed by atoms with van der Waals surface area (Å²) in [6, 6.07) is 9.75. The molecule has 1 aromatic heterocycles. The molecule has 0 aliphatic carbocycles. The Labute approximate surface area is 132 Å². The van der Waals surface area contributed by atoms with E-state index in [0.29, 0.717) is 5.69 Å². The van der Waals surface area contributed by atoms with E-state index in [1.165, 1.54) is 6.92 Å². The summed E-state index contributed by atoms with van der Waals surface area (Å²) in [4.78, 5) is 36.3. The lowest BCUT2D eigenvalue weighted by Gasteiger charge is -2.13. The van der Waals surface area contributed by atoms with Crippen LogP contribution < -0.4 is 10.9 Å². The van der Waals surface area contributed by atoms with Gasteiger partial charge in [-0.15, -0.1) is 0 Å². The third kappa shape index (κ3) is 3.39. The third-order valence-electron chi connectivity index (χ3n) is 2.97. The van der Waals surface area contributed by atoms with E-state index in [1.54, 1.807) is 37.3 Å². The molecule has 0 fully saturated rings. The molecule has 0 aliphatic rings. The molecule has 0 saturated carbocycles. The fraction of sp³-hybridized carbons (Fsp3) is 0.188. The van der Waals surface area contributed by atoms with Crippen LogP contribution in [-0.4, -0.2) is 28.0 Å². The van der Waals surface area contributed by atoms with Gasteiger partial charge in [0.25, 0.3) is 11.5 Å². The molecule has 1 N–H and O–H groups in total. The summed E-state index contributed by atoms with van der Waals surface area (Å²) in [7, 11) is 0. The number of carbonyl (C=O) groups excluding carboxylic acids is 2. The summed E-state index contributed by atoms with van der Waals surface area (Å²) < 4.78 is 7.10. The summed E-state index contributed by atoms with van der Waals surface area (Å²) in [6.45, 7) is 6.84. The van der Waals surface area contributed by atoms with Crippen molar-refractivity contribution in [2.45, 2.75) is 13.8 Å². The van der Waals surface area contributed by atoms with Crippen LogP contribution in [0.15, 0.2) is 53.3 Å². The molecule has 7 nitrogen and oxygen atoms in total. The Morgan fingerprint density at radius 1 is 1.26 bits per heavy atom. The second kappa shape index (κ2) is 6.78. The van der Waals surface area contributed by atoms with E-state index in [2.05, 4.69) is 11.9 Å². The molecule has 0 bridgehead atoms. The number of para-hydroxylation sites is 1. The molecule has 1 amide bonds. The van der Waals surface area contributed by atoms with Crippen molar-refractivity contribution in [2.24, 2.45) is 0 Å². The first-order valence-electron chi connectivity index (χ1n) is 7.00. The van der Waals surface area contributed by atoms with E-state index in [-0.39, 0.29) is 18.0 Å². The molecular weight excluding hydrogens is 298 g/mol. The lowest BCUT2D eigenvalue weighted by atomic mass is 10.3. The van der Waals surface area contributed by atoms with Gasteiger partial charge in [-0.3, -0.25) is 9.59 Å². The SMILES string of the molecule is C=C(C)C(=O)Nc1cc(=O)n(-c2ccccc2)n1C(=O)OCC. The molecule has 0 spiro atoms. The molecule has 0 radical (unpaired) electrons.